The molecule has 0 radical (unpaired) electrons. The molecule has 1 aliphatic rings. The standard InChI is InChI=1S/C10H20N.Ti/c11-10-8-6-4-2-1-3-5-7-9-10;/h10-11H,1-9H2;/q-1;. The van der Waals surface area contributed by atoms with Crippen molar-refractivity contribution in [1.82, 2.24) is 0 Å². The van der Waals surface area contributed by atoms with Crippen LogP contribution in [-0.4, -0.2) is 6.04 Å². The maximum absolute atomic E-state index is 7.68. The third kappa shape index (κ3) is 6.22. The van der Waals surface area contributed by atoms with E-state index < -0.39 is 0 Å². The summed E-state index contributed by atoms with van der Waals surface area (Å²) in [6, 6.07) is 0.257. The third-order valence-electron chi connectivity index (χ3n) is 2.61. The molecule has 12 heavy (non-hydrogen) atoms. The predicted octanol–water partition coefficient (Wildman–Crippen LogP) is 3.93. The number of hydrogen-bond donors (Lipinski definition) is 0. The molecule has 0 amide bonds. The first kappa shape index (κ1) is 12.7. The van der Waals surface area contributed by atoms with E-state index in [1.165, 1.54) is 44.9 Å². The van der Waals surface area contributed by atoms with Gasteiger partial charge in [0.25, 0.3) is 0 Å². The van der Waals surface area contributed by atoms with Crippen LogP contribution in [-0.2, 0) is 21.7 Å². The van der Waals surface area contributed by atoms with Gasteiger partial charge in [-0.1, -0.05) is 57.8 Å². The van der Waals surface area contributed by atoms with Gasteiger partial charge in [0.1, 0.15) is 0 Å². The summed E-state index contributed by atoms with van der Waals surface area (Å²) in [5.41, 5.74) is 7.68. The van der Waals surface area contributed by atoms with Gasteiger partial charge in [0.05, 0.1) is 0 Å². The summed E-state index contributed by atoms with van der Waals surface area (Å²) in [5.74, 6) is 0. The van der Waals surface area contributed by atoms with Crippen LogP contribution in [0.15, 0.2) is 0 Å². The van der Waals surface area contributed by atoms with Crippen molar-refractivity contribution in [1.29, 1.82) is 0 Å². The van der Waals surface area contributed by atoms with E-state index in [0.29, 0.717) is 0 Å². The quantitative estimate of drug-likeness (QED) is 0.531. The van der Waals surface area contributed by atoms with Crippen molar-refractivity contribution in [2.24, 2.45) is 0 Å². The number of hydrogen-bond acceptors (Lipinski definition) is 0. The van der Waals surface area contributed by atoms with Gasteiger partial charge >= 0.3 is 0 Å². The molecule has 70 valence electrons. The predicted molar refractivity (Wildman–Crippen MR) is 49.7 cm³/mol. The maximum atomic E-state index is 7.68. The fourth-order valence-corrected chi connectivity index (χ4v) is 1.81. The molecule has 0 aromatic heterocycles. The molecule has 0 spiro atoms. The van der Waals surface area contributed by atoms with Crippen LogP contribution < -0.4 is 0 Å². The summed E-state index contributed by atoms with van der Waals surface area (Å²) in [7, 11) is 0. The molecule has 0 atom stereocenters. The van der Waals surface area contributed by atoms with E-state index in [-0.39, 0.29) is 27.8 Å². The number of nitrogens with one attached hydrogen (secondary N) is 1. The van der Waals surface area contributed by atoms with Crippen molar-refractivity contribution in [3.05, 3.63) is 5.73 Å². The molecule has 0 unspecified atom stereocenters. The van der Waals surface area contributed by atoms with Crippen molar-refractivity contribution >= 4 is 0 Å². The summed E-state index contributed by atoms with van der Waals surface area (Å²) in [4.78, 5) is 0. The van der Waals surface area contributed by atoms with E-state index in [0.717, 1.165) is 12.8 Å². The molecule has 1 aliphatic carbocycles. The number of rotatable bonds is 0. The molecule has 1 N–H and O–H groups in total. The smallest absolute Gasteiger partial charge is 0 e. The third-order valence-corrected chi connectivity index (χ3v) is 2.61. The minimum absolute atomic E-state index is 0. The summed E-state index contributed by atoms with van der Waals surface area (Å²) in [5, 5.41) is 0. The van der Waals surface area contributed by atoms with Gasteiger partial charge in [-0.2, -0.15) is 0 Å². The van der Waals surface area contributed by atoms with Crippen LogP contribution in [0.5, 0.6) is 0 Å². The molecular formula is C10H20NTi-. The molecular weight excluding hydrogens is 182 g/mol. The van der Waals surface area contributed by atoms with E-state index in [9.17, 15) is 0 Å². The zero-order chi connectivity index (χ0) is 7.94. The molecule has 0 aromatic carbocycles. The molecule has 0 aliphatic heterocycles. The average molecular weight is 202 g/mol. The van der Waals surface area contributed by atoms with E-state index in [1.807, 2.05) is 0 Å². The Kier molecular flexibility index (Phi) is 8.75. The zero-order valence-electron chi connectivity index (χ0n) is 7.94. The first-order valence-corrected chi connectivity index (χ1v) is 5.11. The monoisotopic (exact) mass is 202 g/mol. The van der Waals surface area contributed by atoms with Gasteiger partial charge in [-0.05, 0) is 0 Å². The van der Waals surface area contributed by atoms with Crippen molar-refractivity contribution < 1.29 is 21.7 Å². The van der Waals surface area contributed by atoms with Crippen LogP contribution in [0, 0.1) is 0 Å². The molecule has 1 saturated carbocycles. The van der Waals surface area contributed by atoms with Crippen molar-refractivity contribution in [2.75, 3.05) is 0 Å². The molecule has 1 nitrogen and oxygen atoms in total. The van der Waals surface area contributed by atoms with Gasteiger partial charge in [-0.15, -0.1) is 6.04 Å². The Hall–Kier alpha value is 0.674. The first-order valence-electron chi connectivity index (χ1n) is 5.11. The molecule has 1 rings (SSSR count). The van der Waals surface area contributed by atoms with Crippen LogP contribution >= 0.6 is 0 Å². The normalized spacial score (nSPS) is 22.8. The maximum Gasteiger partial charge on any atom is 0 e. The Morgan fingerprint density at radius 1 is 0.667 bits per heavy atom. The van der Waals surface area contributed by atoms with Crippen molar-refractivity contribution in [3.63, 3.8) is 0 Å². The van der Waals surface area contributed by atoms with Crippen LogP contribution in [0.25, 0.3) is 5.73 Å². The Morgan fingerprint density at radius 2 is 1.00 bits per heavy atom. The molecule has 0 bridgehead atoms. The second-order valence-corrected chi connectivity index (χ2v) is 3.75. The van der Waals surface area contributed by atoms with Gasteiger partial charge in [0.2, 0.25) is 0 Å². The van der Waals surface area contributed by atoms with Crippen LogP contribution in [0.2, 0.25) is 0 Å². The van der Waals surface area contributed by atoms with Crippen molar-refractivity contribution in [3.8, 4) is 0 Å². The Balaban J connectivity index is 0.00000121. The first-order chi connectivity index (χ1) is 5.39. The minimum Gasteiger partial charge on any atom is -0.675 e. The Labute approximate surface area is 91.4 Å². The van der Waals surface area contributed by atoms with Gasteiger partial charge in [-0.25, -0.2) is 0 Å². The Bertz CT molecular complexity index is 85.8. The van der Waals surface area contributed by atoms with E-state index in [1.54, 1.807) is 0 Å². The van der Waals surface area contributed by atoms with Crippen LogP contribution in [0.3, 0.4) is 0 Å². The molecule has 0 heterocycles. The second kappa shape index (κ2) is 8.28. The molecule has 1 fully saturated rings. The zero-order valence-corrected chi connectivity index (χ0v) is 9.50. The van der Waals surface area contributed by atoms with Gasteiger partial charge < -0.3 is 5.73 Å². The summed E-state index contributed by atoms with van der Waals surface area (Å²) < 4.78 is 0. The fraction of sp³-hybridized carbons (Fsp3) is 1.00. The largest absolute Gasteiger partial charge is 0.675 e. The molecule has 0 aromatic rings. The van der Waals surface area contributed by atoms with E-state index in [2.05, 4.69) is 0 Å². The molecule has 0 saturated heterocycles. The summed E-state index contributed by atoms with van der Waals surface area (Å²) >= 11 is 0. The SMILES string of the molecule is [NH-]C1CCCCCCCCC1.[Ti]. The van der Waals surface area contributed by atoms with Gasteiger partial charge in [0, 0.05) is 21.7 Å². The van der Waals surface area contributed by atoms with Crippen LogP contribution in [0.1, 0.15) is 57.8 Å². The summed E-state index contributed by atoms with van der Waals surface area (Å²) in [6.45, 7) is 0. The fourth-order valence-electron chi connectivity index (χ4n) is 1.81. The summed E-state index contributed by atoms with van der Waals surface area (Å²) in [6.07, 6.45) is 11.9. The topological polar surface area (TPSA) is 23.8 Å². The van der Waals surface area contributed by atoms with E-state index in [4.69, 9.17) is 5.73 Å². The van der Waals surface area contributed by atoms with E-state index >= 15 is 0 Å². The molecule has 2 heteroatoms. The van der Waals surface area contributed by atoms with Gasteiger partial charge in [0.15, 0.2) is 0 Å². The minimum atomic E-state index is 0. The van der Waals surface area contributed by atoms with Crippen LogP contribution in [0.4, 0.5) is 0 Å². The van der Waals surface area contributed by atoms with Crippen molar-refractivity contribution in [2.45, 2.75) is 63.8 Å². The van der Waals surface area contributed by atoms with Gasteiger partial charge in [-0.3, -0.25) is 0 Å². The second-order valence-electron chi connectivity index (χ2n) is 3.75. The average Bonchev–Trinajstić information content (AvgIpc) is 2.03. The Morgan fingerprint density at radius 3 is 1.42 bits per heavy atom.